The molecule has 0 radical (unpaired) electrons. The van der Waals surface area contributed by atoms with E-state index in [0.29, 0.717) is 5.92 Å². The zero-order valence-electron chi connectivity index (χ0n) is 22.7. The van der Waals surface area contributed by atoms with E-state index in [2.05, 4.69) is 126 Å². The number of anilines is 2. The van der Waals surface area contributed by atoms with Crippen molar-refractivity contribution in [2.24, 2.45) is 0 Å². The second-order valence-corrected chi connectivity index (χ2v) is 9.68. The molecule has 0 aliphatic heterocycles. The molecule has 0 heterocycles. The minimum atomic E-state index is 0.220. The van der Waals surface area contributed by atoms with Gasteiger partial charge in [-0.1, -0.05) is 50.2 Å². The average molecular weight is 457 g/mol. The van der Waals surface area contributed by atoms with Gasteiger partial charge in [-0.2, -0.15) is 0 Å². The summed E-state index contributed by atoms with van der Waals surface area (Å²) in [4.78, 5) is 4.85. The van der Waals surface area contributed by atoms with Gasteiger partial charge in [0.05, 0.1) is 0 Å². The second kappa shape index (κ2) is 11.6. The van der Waals surface area contributed by atoms with E-state index in [1.165, 1.54) is 44.8 Å². The summed E-state index contributed by atoms with van der Waals surface area (Å²) >= 11 is 0. The molecule has 0 aliphatic carbocycles. The van der Waals surface area contributed by atoms with E-state index in [0.717, 1.165) is 26.2 Å². The topological polar surface area (TPSA) is 6.48 Å². The Hall–Kier alpha value is -2.74. The summed E-state index contributed by atoms with van der Waals surface area (Å²) in [6.07, 6.45) is 0. The lowest BCUT2D eigenvalue weighted by Gasteiger charge is -2.27. The van der Waals surface area contributed by atoms with Crippen LogP contribution in [0.2, 0.25) is 0 Å². The second-order valence-electron chi connectivity index (χ2n) is 9.68. The van der Waals surface area contributed by atoms with Crippen molar-refractivity contribution in [1.82, 2.24) is 0 Å². The summed E-state index contributed by atoms with van der Waals surface area (Å²) in [6.45, 7) is 22.1. The minimum absolute atomic E-state index is 0.220. The summed E-state index contributed by atoms with van der Waals surface area (Å²) < 4.78 is 0. The number of aryl methyl sites for hydroxylation is 2. The third-order valence-corrected chi connectivity index (χ3v) is 7.32. The lowest BCUT2D eigenvalue weighted by molar-refractivity contribution is 0.855. The van der Waals surface area contributed by atoms with Crippen LogP contribution in [0.1, 0.15) is 86.8 Å². The van der Waals surface area contributed by atoms with Gasteiger partial charge in [0, 0.05) is 43.5 Å². The van der Waals surface area contributed by atoms with E-state index in [9.17, 15) is 0 Å². The molecule has 2 nitrogen and oxygen atoms in total. The Morgan fingerprint density at radius 2 is 0.941 bits per heavy atom. The third kappa shape index (κ3) is 5.49. The maximum Gasteiger partial charge on any atom is 0.0368 e. The van der Waals surface area contributed by atoms with Gasteiger partial charge < -0.3 is 9.80 Å². The van der Waals surface area contributed by atoms with Crippen LogP contribution in [0, 0.1) is 13.8 Å². The highest BCUT2D eigenvalue weighted by Gasteiger charge is 2.22. The highest BCUT2D eigenvalue weighted by molar-refractivity contribution is 5.58. The summed E-state index contributed by atoms with van der Waals surface area (Å²) in [6, 6.07) is 23.4. The number of rotatable bonds is 10. The quantitative estimate of drug-likeness (QED) is 0.283. The minimum Gasteiger partial charge on any atom is -0.372 e. The molecule has 34 heavy (non-hydrogen) atoms. The third-order valence-electron chi connectivity index (χ3n) is 7.32. The first-order chi connectivity index (χ1) is 16.3. The summed E-state index contributed by atoms with van der Waals surface area (Å²) in [5.41, 5.74) is 10.9. The van der Waals surface area contributed by atoms with Gasteiger partial charge in [-0.25, -0.2) is 0 Å². The number of hydrogen-bond acceptors (Lipinski definition) is 2. The first-order valence-corrected chi connectivity index (χ1v) is 13.1. The molecular weight excluding hydrogens is 412 g/mol. The standard InChI is InChI=1S/C32H44N2/c1-9-33(10-2)28-17-19-30(24(7)21-28)32(27-15-13-26(14-16-27)23(5)6)31-20-18-29(22-25(31)8)34(11-3)12-4/h13-23,32H,9-12H2,1-8H3. The molecule has 0 amide bonds. The van der Waals surface area contributed by atoms with E-state index in [1.807, 2.05) is 0 Å². The fraction of sp³-hybridized carbons (Fsp3) is 0.438. The van der Waals surface area contributed by atoms with Gasteiger partial charge in [-0.15, -0.1) is 0 Å². The fourth-order valence-corrected chi connectivity index (χ4v) is 5.14. The van der Waals surface area contributed by atoms with Crippen LogP contribution in [0.3, 0.4) is 0 Å². The van der Waals surface area contributed by atoms with Gasteiger partial charge in [0.2, 0.25) is 0 Å². The normalized spacial score (nSPS) is 11.4. The van der Waals surface area contributed by atoms with Crippen molar-refractivity contribution < 1.29 is 0 Å². The first-order valence-electron chi connectivity index (χ1n) is 13.1. The van der Waals surface area contributed by atoms with Crippen molar-refractivity contribution in [2.45, 2.75) is 67.2 Å². The van der Waals surface area contributed by atoms with E-state index in [-0.39, 0.29) is 5.92 Å². The zero-order valence-corrected chi connectivity index (χ0v) is 22.7. The van der Waals surface area contributed by atoms with Crippen LogP contribution in [-0.2, 0) is 0 Å². The molecule has 0 unspecified atom stereocenters. The molecule has 0 aromatic heterocycles. The SMILES string of the molecule is CCN(CC)c1ccc(C(c2ccc(C(C)C)cc2)c2ccc(N(CC)CC)cc2C)c(C)c1. The van der Waals surface area contributed by atoms with E-state index in [4.69, 9.17) is 0 Å². The monoisotopic (exact) mass is 456 g/mol. The molecule has 0 N–H and O–H groups in total. The molecule has 0 bridgehead atoms. The van der Waals surface area contributed by atoms with Crippen molar-refractivity contribution in [3.63, 3.8) is 0 Å². The maximum atomic E-state index is 2.42. The van der Waals surface area contributed by atoms with Gasteiger partial charge in [-0.3, -0.25) is 0 Å². The molecule has 0 atom stereocenters. The lowest BCUT2D eigenvalue weighted by Crippen LogP contribution is -2.22. The molecule has 3 aromatic carbocycles. The Bertz CT molecular complexity index is 995. The van der Waals surface area contributed by atoms with Crippen molar-refractivity contribution >= 4 is 11.4 Å². The highest BCUT2D eigenvalue weighted by Crippen LogP contribution is 2.38. The predicted octanol–water partition coefficient (Wildman–Crippen LogP) is 8.30. The van der Waals surface area contributed by atoms with Gasteiger partial charge in [0.1, 0.15) is 0 Å². The number of nitrogens with zero attached hydrogens (tertiary/aromatic N) is 2. The Morgan fingerprint density at radius 1 is 0.559 bits per heavy atom. The lowest BCUT2D eigenvalue weighted by atomic mass is 9.80. The number of hydrogen-bond donors (Lipinski definition) is 0. The van der Waals surface area contributed by atoms with Crippen molar-refractivity contribution in [3.8, 4) is 0 Å². The first kappa shape index (κ1) is 25.9. The van der Waals surface area contributed by atoms with Crippen LogP contribution in [0.25, 0.3) is 0 Å². The molecule has 0 saturated heterocycles. The Balaban J connectivity index is 2.14. The summed E-state index contributed by atoms with van der Waals surface area (Å²) in [7, 11) is 0. The molecule has 3 rings (SSSR count). The zero-order chi connectivity index (χ0) is 24.8. The van der Waals surface area contributed by atoms with Gasteiger partial charge in [0.25, 0.3) is 0 Å². The smallest absolute Gasteiger partial charge is 0.0368 e. The molecule has 2 heteroatoms. The molecule has 182 valence electrons. The van der Waals surface area contributed by atoms with E-state index in [1.54, 1.807) is 0 Å². The molecule has 0 saturated carbocycles. The van der Waals surface area contributed by atoms with Crippen molar-refractivity contribution in [3.05, 3.63) is 94.0 Å². The number of benzene rings is 3. The molecule has 3 aromatic rings. The fourth-order valence-electron chi connectivity index (χ4n) is 5.14. The average Bonchev–Trinajstić information content (AvgIpc) is 2.83. The Morgan fingerprint density at radius 3 is 1.26 bits per heavy atom. The van der Waals surface area contributed by atoms with Crippen molar-refractivity contribution in [2.75, 3.05) is 36.0 Å². The Kier molecular flexibility index (Phi) is 8.83. The predicted molar refractivity (Wildman–Crippen MR) is 151 cm³/mol. The van der Waals surface area contributed by atoms with Crippen LogP contribution in [0.15, 0.2) is 60.7 Å². The summed E-state index contributed by atoms with van der Waals surface area (Å²) in [5.74, 6) is 0.760. The van der Waals surface area contributed by atoms with Gasteiger partial charge >= 0.3 is 0 Å². The summed E-state index contributed by atoms with van der Waals surface area (Å²) in [5, 5.41) is 0. The van der Waals surface area contributed by atoms with Crippen LogP contribution in [0.5, 0.6) is 0 Å². The van der Waals surface area contributed by atoms with E-state index >= 15 is 0 Å². The molecule has 0 fully saturated rings. The van der Waals surface area contributed by atoms with Gasteiger partial charge in [0.15, 0.2) is 0 Å². The van der Waals surface area contributed by atoms with Gasteiger partial charge in [-0.05, 0) is 105 Å². The largest absolute Gasteiger partial charge is 0.372 e. The van der Waals surface area contributed by atoms with Crippen LogP contribution in [-0.4, -0.2) is 26.2 Å². The van der Waals surface area contributed by atoms with Crippen LogP contribution >= 0.6 is 0 Å². The maximum absolute atomic E-state index is 2.42. The van der Waals surface area contributed by atoms with Crippen LogP contribution < -0.4 is 9.80 Å². The van der Waals surface area contributed by atoms with E-state index < -0.39 is 0 Å². The Labute approximate surface area is 208 Å². The molecule has 0 aliphatic rings. The molecule has 0 spiro atoms. The molecular formula is C32H44N2. The van der Waals surface area contributed by atoms with Crippen molar-refractivity contribution in [1.29, 1.82) is 0 Å². The van der Waals surface area contributed by atoms with Crippen LogP contribution in [0.4, 0.5) is 11.4 Å². The highest BCUT2D eigenvalue weighted by atomic mass is 15.1.